The lowest BCUT2D eigenvalue weighted by atomic mass is 9.93. The van der Waals surface area contributed by atoms with Gasteiger partial charge in [-0.3, -0.25) is 24.6 Å². The van der Waals surface area contributed by atoms with Gasteiger partial charge in [0.1, 0.15) is 6.04 Å². The third kappa shape index (κ3) is 4.36. The number of imide groups is 1. The van der Waals surface area contributed by atoms with Gasteiger partial charge in [-0.05, 0) is 75.5 Å². The second-order valence-electron chi connectivity index (χ2n) is 8.50. The standard InChI is InChI=1S/C22H30N4O3/c1-23-9-6-15-7-10-25(11-8-15)13-16-2-3-18-17(12-16)14-26(22(18)29)19-4-5-20(27)24-21(19)28/h2-3,12,15,19,23H,4-11,13-14H2,1H3,(H,24,27,28). The first-order valence-electron chi connectivity index (χ1n) is 10.7. The number of likely N-dealkylation sites (tertiary alicyclic amines) is 1. The summed E-state index contributed by atoms with van der Waals surface area (Å²) in [6, 6.07) is 5.51. The minimum Gasteiger partial charge on any atom is -0.322 e. The molecule has 2 N–H and O–H groups in total. The van der Waals surface area contributed by atoms with E-state index < -0.39 is 6.04 Å². The molecule has 3 aliphatic heterocycles. The Hall–Kier alpha value is -2.25. The van der Waals surface area contributed by atoms with Crippen molar-refractivity contribution in [3.8, 4) is 0 Å². The van der Waals surface area contributed by atoms with E-state index in [-0.39, 0.29) is 24.1 Å². The van der Waals surface area contributed by atoms with Gasteiger partial charge in [-0.15, -0.1) is 0 Å². The summed E-state index contributed by atoms with van der Waals surface area (Å²) in [6.45, 7) is 4.67. The summed E-state index contributed by atoms with van der Waals surface area (Å²) in [5, 5.41) is 5.59. The lowest BCUT2D eigenvalue weighted by molar-refractivity contribution is -0.136. The molecule has 0 radical (unpaired) electrons. The van der Waals surface area contributed by atoms with E-state index in [1.54, 1.807) is 4.90 Å². The Balaban J connectivity index is 1.37. The van der Waals surface area contributed by atoms with Crippen molar-refractivity contribution in [2.24, 2.45) is 5.92 Å². The first kappa shape index (κ1) is 20.0. The number of carbonyl (C=O) groups excluding carboxylic acids is 3. The van der Waals surface area contributed by atoms with Gasteiger partial charge in [-0.1, -0.05) is 12.1 Å². The van der Waals surface area contributed by atoms with Gasteiger partial charge in [0.25, 0.3) is 5.91 Å². The quantitative estimate of drug-likeness (QED) is 0.706. The third-order valence-electron chi connectivity index (χ3n) is 6.50. The molecule has 2 saturated heterocycles. The molecule has 0 bridgehead atoms. The zero-order valence-electron chi connectivity index (χ0n) is 17.1. The van der Waals surface area contributed by atoms with E-state index >= 15 is 0 Å². The topological polar surface area (TPSA) is 81.8 Å². The summed E-state index contributed by atoms with van der Waals surface area (Å²) >= 11 is 0. The maximum Gasteiger partial charge on any atom is 0.255 e. The molecule has 0 saturated carbocycles. The van der Waals surface area contributed by atoms with Crippen LogP contribution in [0.5, 0.6) is 0 Å². The normalized spacial score (nSPS) is 23.4. The molecule has 29 heavy (non-hydrogen) atoms. The number of fused-ring (bicyclic) bond motifs is 1. The van der Waals surface area contributed by atoms with Crippen LogP contribution in [0.2, 0.25) is 0 Å². The first-order chi connectivity index (χ1) is 14.0. The monoisotopic (exact) mass is 398 g/mol. The highest BCUT2D eigenvalue weighted by atomic mass is 16.2. The molecular weight excluding hydrogens is 368 g/mol. The fourth-order valence-electron chi connectivity index (χ4n) is 4.77. The molecule has 1 atom stereocenters. The van der Waals surface area contributed by atoms with E-state index in [4.69, 9.17) is 0 Å². The number of rotatable bonds is 6. The van der Waals surface area contributed by atoms with Crippen LogP contribution in [0.15, 0.2) is 18.2 Å². The van der Waals surface area contributed by atoms with Gasteiger partial charge in [0.2, 0.25) is 11.8 Å². The molecular formula is C22H30N4O3. The number of hydrogen-bond acceptors (Lipinski definition) is 5. The van der Waals surface area contributed by atoms with E-state index in [1.165, 1.54) is 24.8 Å². The fraction of sp³-hybridized carbons (Fsp3) is 0.591. The van der Waals surface area contributed by atoms with Crippen molar-refractivity contribution in [3.05, 3.63) is 34.9 Å². The highest BCUT2D eigenvalue weighted by Crippen LogP contribution is 2.29. The van der Waals surface area contributed by atoms with Crippen LogP contribution in [-0.2, 0) is 22.7 Å². The minimum absolute atomic E-state index is 0.105. The fourth-order valence-corrected chi connectivity index (χ4v) is 4.77. The smallest absolute Gasteiger partial charge is 0.255 e. The molecule has 3 heterocycles. The molecule has 0 aromatic heterocycles. The van der Waals surface area contributed by atoms with Crippen LogP contribution in [0, 0.1) is 5.92 Å². The van der Waals surface area contributed by atoms with E-state index in [0.29, 0.717) is 18.5 Å². The van der Waals surface area contributed by atoms with Gasteiger partial charge in [0, 0.05) is 25.1 Å². The molecule has 1 aromatic carbocycles. The summed E-state index contributed by atoms with van der Waals surface area (Å²) in [6.07, 6.45) is 4.43. The summed E-state index contributed by atoms with van der Waals surface area (Å²) in [4.78, 5) is 40.5. The number of piperidine rings is 2. The number of nitrogens with zero attached hydrogens (tertiary/aromatic N) is 2. The van der Waals surface area contributed by atoms with Crippen LogP contribution >= 0.6 is 0 Å². The molecule has 1 aromatic rings. The lowest BCUT2D eigenvalue weighted by Gasteiger charge is -2.32. The van der Waals surface area contributed by atoms with E-state index in [1.807, 2.05) is 19.2 Å². The van der Waals surface area contributed by atoms with Crippen molar-refractivity contribution in [2.75, 3.05) is 26.7 Å². The molecule has 4 rings (SSSR count). The van der Waals surface area contributed by atoms with Crippen LogP contribution < -0.4 is 10.6 Å². The van der Waals surface area contributed by atoms with Gasteiger partial charge >= 0.3 is 0 Å². The molecule has 0 aliphatic carbocycles. The lowest BCUT2D eigenvalue weighted by Crippen LogP contribution is -2.52. The van der Waals surface area contributed by atoms with Crippen LogP contribution in [0.1, 0.15) is 53.6 Å². The van der Waals surface area contributed by atoms with Crippen LogP contribution in [0.25, 0.3) is 0 Å². The minimum atomic E-state index is -0.548. The molecule has 7 heteroatoms. The molecule has 3 aliphatic rings. The maximum atomic E-state index is 12.8. The van der Waals surface area contributed by atoms with E-state index in [9.17, 15) is 14.4 Å². The van der Waals surface area contributed by atoms with Gasteiger partial charge < -0.3 is 10.2 Å². The van der Waals surface area contributed by atoms with E-state index in [0.717, 1.165) is 37.7 Å². The molecule has 3 amide bonds. The maximum absolute atomic E-state index is 12.8. The van der Waals surface area contributed by atoms with Crippen molar-refractivity contribution in [3.63, 3.8) is 0 Å². The summed E-state index contributed by atoms with van der Waals surface area (Å²) in [5.74, 6) is 0.0982. The van der Waals surface area contributed by atoms with Crippen molar-refractivity contribution in [1.82, 2.24) is 20.4 Å². The number of amides is 3. The molecule has 1 unspecified atom stereocenters. The zero-order chi connectivity index (χ0) is 20.4. The Morgan fingerprint density at radius 3 is 2.66 bits per heavy atom. The van der Waals surface area contributed by atoms with Crippen molar-refractivity contribution >= 4 is 17.7 Å². The van der Waals surface area contributed by atoms with Crippen molar-refractivity contribution < 1.29 is 14.4 Å². The molecule has 0 spiro atoms. The molecule has 2 fully saturated rings. The Kier molecular flexibility index (Phi) is 5.96. The van der Waals surface area contributed by atoms with E-state index in [2.05, 4.69) is 21.6 Å². The van der Waals surface area contributed by atoms with Crippen LogP contribution in [-0.4, -0.2) is 60.2 Å². The van der Waals surface area contributed by atoms with Crippen LogP contribution in [0.3, 0.4) is 0 Å². The zero-order valence-corrected chi connectivity index (χ0v) is 17.1. The third-order valence-corrected chi connectivity index (χ3v) is 6.50. The Labute approximate surface area is 171 Å². The number of carbonyl (C=O) groups is 3. The predicted molar refractivity (Wildman–Crippen MR) is 109 cm³/mol. The highest BCUT2D eigenvalue weighted by molar-refractivity contribution is 6.05. The Morgan fingerprint density at radius 2 is 1.93 bits per heavy atom. The Bertz CT molecular complexity index is 801. The highest BCUT2D eigenvalue weighted by Gasteiger charge is 2.39. The van der Waals surface area contributed by atoms with Gasteiger partial charge in [-0.2, -0.15) is 0 Å². The summed E-state index contributed by atoms with van der Waals surface area (Å²) in [5.41, 5.74) is 2.89. The van der Waals surface area contributed by atoms with Crippen LogP contribution in [0.4, 0.5) is 0 Å². The van der Waals surface area contributed by atoms with Gasteiger partial charge in [0.05, 0.1) is 0 Å². The number of hydrogen-bond donors (Lipinski definition) is 2. The predicted octanol–water partition coefficient (Wildman–Crippen LogP) is 1.27. The first-order valence-corrected chi connectivity index (χ1v) is 10.7. The number of nitrogens with one attached hydrogen (secondary N) is 2. The molecule has 7 nitrogen and oxygen atoms in total. The Morgan fingerprint density at radius 1 is 1.14 bits per heavy atom. The van der Waals surface area contributed by atoms with Gasteiger partial charge in [0.15, 0.2) is 0 Å². The van der Waals surface area contributed by atoms with Crippen molar-refractivity contribution in [1.29, 1.82) is 0 Å². The van der Waals surface area contributed by atoms with Crippen molar-refractivity contribution in [2.45, 2.75) is 51.2 Å². The SMILES string of the molecule is CNCCC1CCN(Cc2ccc3c(c2)CN(C2CCC(=O)NC2=O)C3=O)CC1. The summed E-state index contributed by atoms with van der Waals surface area (Å²) in [7, 11) is 2.01. The molecule has 156 valence electrons. The second-order valence-corrected chi connectivity index (χ2v) is 8.50. The largest absolute Gasteiger partial charge is 0.322 e. The average molecular weight is 399 g/mol. The summed E-state index contributed by atoms with van der Waals surface area (Å²) < 4.78 is 0. The number of benzene rings is 1. The van der Waals surface area contributed by atoms with Gasteiger partial charge in [-0.25, -0.2) is 0 Å². The second kappa shape index (κ2) is 8.63. The average Bonchev–Trinajstić information content (AvgIpc) is 3.03.